The monoisotopic (exact) mass is 473 g/mol. The number of rotatable bonds is 6. The van der Waals surface area contributed by atoms with Gasteiger partial charge in [0, 0.05) is 0 Å². The second-order valence-corrected chi connectivity index (χ2v) is 7.26. The van der Waals surface area contributed by atoms with E-state index >= 15 is 0 Å². The number of nitrogens with one attached hydrogen (secondary N) is 2. The predicted molar refractivity (Wildman–Crippen MR) is 102 cm³/mol. The standard InChI is InChI=1S/2C10H15NO3.Cu.H2O/c2*1-4-5(2)8-9(13)7(6(3)12)10(14)11-8;;/h2*5,8,11,14H,4H2,1-3H3;;1H2/q;;+2;/p-2. The fourth-order valence-electron chi connectivity index (χ4n) is 3.03. The van der Waals surface area contributed by atoms with Gasteiger partial charge in [-0.1, -0.05) is 40.5 Å². The molecule has 30 heavy (non-hydrogen) atoms. The van der Waals surface area contributed by atoms with Gasteiger partial charge in [-0.05, 0) is 37.4 Å². The van der Waals surface area contributed by atoms with Gasteiger partial charge in [-0.15, -0.1) is 0 Å². The van der Waals surface area contributed by atoms with E-state index in [1.54, 1.807) is 0 Å². The molecular formula is C20H30CuN2O7. The van der Waals surface area contributed by atoms with Gasteiger partial charge in [0.15, 0.2) is 23.1 Å². The van der Waals surface area contributed by atoms with Gasteiger partial charge in [0.2, 0.25) is 0 Å². The maximum Gasteiger partial charge on any atom is 2.00 e. The van der Waals surface area contributed by atoms with Gasteiger partial charge in [-0.2, -0.15) is 0 Å². The summed E-state index contributed by atoms with van der Waals surface area (Å²) < 4.78 is 0. The third-order valence-electron chi connectivity index (χ3n) is 5.22. The van der Waals surface area contributed by atoms with Crippen molar-refractivity contribution in [3.63, 3.8) is 0 Å². The SMILES string of the molecule is CCC(C)C1NC([O-])=C(C(C)=O)C1=O.CCC(C)C1NC([O-])=C(C(C)=O)C1=O.O.[Cu+2]. The summed E-state index contributed by atoms with van der Waals surface area (Å²) in [6.45, 7) is 10.1. The topological polar surface area (TPSA) is 170 Å². The Morgan fingerprint density at radius 3 is 1.27 bits per heavy atom. The zero-order valence-electron chi connectivity index (χ0n) is 18.0. The first-order valence-electron chi connectivity index (χ1n) is 9.43. The molecule has 1 radical (unpaired) electrons. The minimum Gasteiger partial charge on any atom is -0.860 e. The Morgan fingerprint density at radius 1 is 0.833 bits per heavy atom. The van der Waals surface area contributed by atoms with Crippen LogP contribution in [0.25, 0.3) is 0 Å². The molecule has 4 N–H and O–H groups in total. The Kier molecular flexibility index (Phi) is 12.5. The van der Waals surface area contributed by atoms with Gasteiger partial charge in [0.05, 0.1) is 23.2 Å². The van der Waals surface area contributed by atoms with E-state index in [1.807, 2.05) is 27.7 Å². The van der Waals surface area contributed by atoms with Crippen molar-refractivity contribution in [3.05, 3.63) is 22.9 Å². The minimum atomic E-state index is -0.521. The molecular weight excluding hydrogens is 444 g/mol. The number of hydrogen-bond donors (Lipinski definition) is 2. The number of ketones is 4. The summed E-state index contributed by atoms with van der Waals surface area (Å²) in [7, 11) is 0. The van der Waals surface area contributed by atoms with E-state index in [0.29, 0.717) is 0 Å². The first-order valence-corrected chi connectivity index (χ1v) is 9.43. The Bertz CT molecular complexity index is 683. The molecule has 2 heterocycles. The van der Waals surface area contributed by atoms with Crippen LogP contribution in [0.1, 0.15) is 54.4 Å². The quantitative estimate of drug-likeness (QED) is 0.352. The number of hydrogen-bond acceptors (Lipinski definition) is 8. The predicted octanol–water partition coefficient (Wildman–Crippen LogP) is -1.36. The fraction of sp³-hybridized carbons (Fsp3) is 0.600. The molecule has 2 aliphatic heterocycles. The maximum absolute atomic E-state index is 11.6. The Hall–Kier alpha value is -2.16. The van der Waals surface area contributed by atoms with Crippen molar-refractivity contribution < 1.29 is 51.9 Å². The average Bonchev–Trinajstić information content (AvgIpc) is 3.09. The smallest absolute Gasteiger partial charge is 0.860 e. The summed E-state index contributed by atoms with van der Waals surface area (Å²) in [5, 5.41) is 27.6. The molecule has 173 valence electrons. The van der Waals surface area contributed by atoms with Crippen molar-refractivity contribution in [2.75, 3.05) is 0 Å². The van der Waals surface area contributed by atoms with Crippen LogP contribution in [-0.2, 0) is 36.2 Å². The van der Waals surface area contributed by atoms with E-state index in [9.17, 15) is 29.4 Å². The van der Waals surface area contributed by atoms with E-state index in [0.717, 1.165) is 12.8 Å². The van der Waals surface area contributed by atoms with Crippen molar-refractivity contribution in [1.82, 2.24) is 10.6 Å². The Balaban J connectivity index is 0. The molecule has 4 unspecified atom stereocenters. The average molecular weight is 474 g/mol. The molecule has 0 saturated carbocycles. The molecule has 0 aromatic heterocycles. The number of Topliss-reactive ketones (excluding diaryl/α,β-unsaturated/α-hetero) is 4. The molecule has 2 rings (SSSR count). The summed E-state index contributed by atoms with van der Waals surface area (Å²) in [6, 6.07) is -1.02. The molecule has 0 bridgehead atoms. The van der Waals surface area contributed by atoms with Crippen LogP contribution in [0.15, 0.2) is 22.9 Å². The van der Waals surface area contributed by atoms with Crippen molar-refractivity contribution in [3.8, 4) is 0 Å². The summed E-state index contributed by atoms with van der Waals surface area (Å²) in [5.41, 5.74) is -0.398. The first-order chi connectivity index (χ1) is 13.0. The zero-order valence-corrected chi connectivity index (χ0v) is 18.9. The Morgan fingerprint density at radius 2 is 1.10 bits per heavy atom. The van der Waals surface area contributed by atoms with Gasteiger partial charge >= 0.3 is 17.1 Å². The molecule has 9 nitrogen and oxygen atoms in total. The van der Waals surface area contributed by atoms with E-state index in [-0.39, 0.29) is 57.1 Å². The van der Waals surface area contributed by atoms with Crippen LogP contribution >= 0.6 is 0 Å². The molecule has 2 aliphatic rings. The molecule has 0 saturated heterocycles. The van der Waals surface area contributed by atoms with Crippen LogP contribution in [-0.4, -0.2) is 40.7 Å². The van der Waals surface area contributed by atoms with E-state index in [1.165, 1.54) is 13.8 Å². The van der Waals surface area contributed by atoms with Crippen molar-refractivity contribution in [2.24, 2.45) is 11.8 Å². The van der Waals surface area contributed by atoms with Crippen molar-refractivity contribution >= 4 is 23.1 Å². The van der Waals surface area contributed by atoms with E-state index in [2.05, 4.69) is 10.6 Å². The Labute approximate surface area is 187 Å². The summed E-state index contributed by atoms with van der Waals surface area (Å²) in [5.74, 6) is -2.49. The van der Waals surface area contributed by atoms with Crippen LogP contribution in [0.3, 0.4) is 0 Å². The minimum absolute atomic E-state index is 0. The first kappa shape index (κ1) is 30.0. The molecule has 4 atom stereocenters. The van der Waals surface area contributed by atoms with Crippen LogP contribution in [0, 0.1) is 11.8 Å². The van der Waals surface area contributed by atoms with Gasteiger partial charge in [0.1, 0.15) is 0 Å². The van der Waals surface area contributed by atoms with Crippen LogP contribution in [0.2, 0.25) is 0 Å². The second kappa shape index (κ2) is 12.5. The summed E-state index contributed by atoms with van der Waals surface area (Å²) >= 11 is 0. The van der Waals surface area contributed by atoms with Gasteiger partial charge in [-0.25, -0.2) is 0 Å². The second-order valence-electron chi connectivity index (χ2n) is 7.26. The van der Waals surface area contributed by atoms with E-state index < -0.39 is 35.4 Å². The molecule has 0 aliphatic carbocycles. The molecule has 10 heteroatoms. The zero-order chi connectivity index (χ0) is 21.8. The van der Waals surface area contributed by atoms with Crippen LogP contribution in [0.4, 0.5) is 0 Å². The number of carbonyl (C=O) groups excluding carboxylic acids is 4. The number of carbonyl (C=O) groups is 4. The van der Waals surface area contributed by atoms with Gasteiger partial charge in [-0.3, -0.25) is 19.2 Å². The van der Waals surface area contributed by atoms with Crippen LogP contribution in [0.5, 0.6) is 0 Å². The van der Waals surface area contributed by atoms with Crippen molar-refractivity contribution in [2.45, 2.75) is 66.5 Å². The summed E-state index contributed by atoms with van der Waals surface area (Å²) in [4.78, 5) is 45.2. The molecule has 0 spiro atoms. The third-order valence-corrected chi connectivity index (χ3v) is 5.22. The van der Waals surface area contributed by atoms with Gasteiger partial charge in [0.25, 0.3) is 0 Å². The molecule has 0 aromatic rings. The molecule has 0 fully saturated rings. The normalized spacial score (nSPS) is 22.1. The molecule has 0 amide bonds. The van der Waals surface area contributed by atoms with Gasteiger partial charge < -0.3 is 26.3 Å². The summed E-state index contributed by atoms with van der Waals surface area (Å²) in [6.07, 6.45) is 1.59. The third kappa shape index (κ3) is 6.42. The fourth-order valence-corrected chi connectivity index (χ4v) is 3.03. The van der Waals surface area contributed by atoms with Crippen LogP contribution < -0.4 is 20.8 Å². The van der Waals surface area contributed by atoms with E-state index in [4.69, 9.17) is 0 Å². The maximum atomic E-state index is 11.6. The largest absolute Gasteiger partial charge is 2.00 e. The van der Waals surface area contributed by atoms with Crippen molar-refractivity contribution in [1.29, 1.82) is 0 Å². The molecule has 0 aromatic carbocycles.